The summed E-state index contributed by atoms with van der Waals surface area (Å²) in [6.07, 6.45) is 1.68. The average Bonchev–Trinajstić information content (AvgIpc) is 3.23. The molecule has 11 heteroatoms. The molecule has 1 aliphatic rings. The molecule has 0 radical (unpaired) electrons. The number of nitrogen functional groups attached to an aromatic ring is 1. The summed E-state index contributed by atoms with van der Waals surface area (Å²) in [5.41, 5.74) is 9.82. The van der Waals surface area contributed by atoms with Crippen LogP contribution >= 0.6 is 11.8 Å². The van der Waals surface area contributed by atoms with Crippen LogP contribution in [0.4, 0.5) is 10.2 Å². The highest BCUT2D eigenvalue weighted by molar-refractivity contribution is 7.99. The highest BCUT2D eigenvalue weighted by Gasteiger charge is 2.29. The lowest BCUT2D eigenvalue weighted by molar-refractivity contribution is 0.343. The smallest absolute Gasteiger partial charge is 0.216 e. The Labute approximate surface area is 191 Å². The molecule has 1 atom stereocenters. The van der Waals surface area contributed by atoms with Crippen molar-refractivity contribution < 1.29 is 12.8 Å². The van der Waals surface area contributed by atoms with E-state index >= 15 is 0 Å². The number of hydrogen-bond acceptors (Lipinski definition) is 7. The molecule has 3 N–H and O–H groups in total. The van der Waals surface area contributed by atoms with Crippen molar-refractivity contribution in [3.8, 4) is 0 Å². The molecule has 1 aliphatic carbocycles. The second kappa shape index (κ2) is 8.27. The van der Waals surface area contributed by atoms with Crippen LogP contribution in [0.1, 0.15) is 50.1 Å². The van der Waals surface area contributed by atoms with Crippen LogP contribution in [0.3, 0.4) is 0 Å². The fourth-order valence-corrected chi connectivity index (χ4v) is 5.46. The van der Waals surface area contributed by atoms with E-state index in [4.69, 9.17) is 5.73 Å². The van der Waals surface area contributed by atoms with E-state index in [2.05, 4.69) is 19.7 Å². The second-order valence-corrected chi connectivity index (χ2v) is 12.4. The lowest BCUT2D eigenvalue weighted by atomic mass is 10.1. The SMILES string of the molecule is Cc1cc2c(cc1Sc1nc3c(N)ncnc3n1CCNS(=O)(=O)C(C)(C)C)C(F)CC2. The molecule has 0 bridgehead atoms. The van der Waals surface area contributed by atoms with E-state index in [0.29, 0.717) is 29.3 Å². The normalized spacial score (nSPS) is 16.6. The Bertz CT molecular complexity index is 1280. The number of nitrogens with zero attached hydrogens (tertiary/aromatic N) is 4. The molecule has 0 saturated heterocycles. The van der Waals surface area contributed by atoms with Crippen LogP contribution in [0.2, 0.25) is 0 Å². The number of anilines is 1. The molecular weight excluding hydrogens is 451 g/mol. The van der Waals surface area contributed by atoms with Gasteiger partial charge in [-0.3, -0.25) is 0 Å². The van der Waals surface area contributed by atoms with Crippen LogP contribution in [0.25, 0.3) is 11.2 Å². The van der Waals surface area contributed by atoms with Gasteiger partial charge in [-0.15, -0.1) is 0 Å². The first-order valence-electron chi connectivity index (χ1n) is 10.4. The lowest BCUT2D eigenvalue weighted by Gasteiger charge is -2.20. The van der Waals surface area contributed by atoms with E-state index in [1.165, 1.54) is 18.1 Å². The third-order valence-electron chi connectivity index (χ3n) is 5.60. The van der Waals surface area contributed by atoms with Crippen LogP contribution in [-0.2, 0) is 23.0 Å². The quantitative estimate of drug-likeness (QED) is 0.557. The Hall–Kier alpha value is -2.24. The molecule has 32 heavy (non-hydrogen) atoms. The van der Waals surface area contributed by atoms with Gasteiger partial charge in [-0.25, -0.2) is 32.5 Å². The predicted molar refractivity (Wildman–Crippen MR) is 124 cm³/mol. The summed E-state index contributed by atoms with van der Waals surface area (Å²) < 4.78 is 42.7. The van der Waals surface area contributed by atoms with E-state index in [1.807, 2.05) is 23.6 Å². The maximum atomic E-state index is 14.3. The fraction of sp³-hybridized carbons (Fsp3) is 0.476. The van der Waals surface area contributed by atoms with Crippen LogP contribution in [0, 0.1) is 6.92 Å². The third-order valence-corrected chi connectivity index (χ3v) is 8.95. The molecule has 0 saturated carbocycles. The van der Waals surface area contributed by atoms with Gasteiger partial charge in [-0.05, 0) is 63.3 Å². The maximum Gasteiger partial charge on any atom is 0.216 e. The minimum atomic E-state index is -3.49. The third kappa shape index (κ3) is 4.20. The molecule has 1 unspecified atom stereocenters. The summed E-state index contributed by atoms with van der Waals surface area (Å²) in [6.45, 7) is 7.40. The molecular formula is C21H27FN6O2S2. The average molecular weight is 479 g/mol. The van der Waals surface area contributed by atoms with Crippen molar-refractivity contribution in [1.82, 2.24) is 24.2 Å². The number of hydrogen-bond donors (Lipinski definition) is 2. The molecule has 0 amide bonds. The van der Waals surface area contributed by atoms with Gasteiger partial charge in [0.25, 0.3) is 0 Å². The highest BCUT2D eigenvalue weighted by atomic mass is 32.2. The van der Waals surface area contributed by atoms with Crippen LogP contribution in [0.15, 0.2) is 28.5 Å². The zero-order chi connectivity index (χ0) is 23.3. The number of halogens is 1. The molecule has 8 nitrogen and oxygen atoms in total. The van der Waals surface area contributed by atoms with Gasteiger partial charge >= 0.3 is 0 Å². The van der Waals surface area contributed by atoms with Crippen molar-refractivity contribution in [1.29, 1.82) is 0 Å². The van der Waals surface area contributed by atoms with E-state index in [1.54, 1.807) is 20.8 Å². The molecule has 0 aliphatic heterocycles. The zero-order valence-corrected chi connectivity index (χ0v) is 20.1. The minimum absolute atomic E-state index is 0.165. The van der Waals surface area contributed by atoms with Crippen molar-refractivity contribution in [2.45, 2.75) is 68.1 Å². The highest BCUT2D eigenvalue weighted by Crippen LogP contribution is 2.40. The van der Waals surface area contributed by atoms with E-state index in [-0.39, 0.29) is 12.4 Å². The van der Waals surface area contributed by atoms with Gasteiger partial charge in [0.15, 0.2) is 22.1 Å². The number of rotatable bonds is 6. The maximum absolute atomic E-state index is 14.3. The summed E-state index contributed by atoms with van der Waals surface area (Å²) in [5.74, 6) is 0.250. The van der Waals surface area contributed by atoms with Crippen molar-refractivity contribution in [2.24, 2.45) is 0 Å². The second-order valence-electron chi connectivity index (χ2n) is 8.91. The molecule has 0 spiro atoms. The summed E-state index contributed by atoms with van der Waals surface area (Å²) in [5, 5.41) is 0.596. The molecule has 4 rings (SSSR count). The van der Waals surface area contributed by atoms with E-state index in [0.717, 1.165) is 28.0 Å². The lowest BCUT2D eigenvalue weighted by Crippen LogP contribution is -2.40. The molecule has 172 valence electrons. The first-order chi connectivity index (χ1) is 15.0. The van der Waals surface area contributed by atoms with Crippen molar-refractivity contribution >= 4 is 38.8 Å². The van der Waals surface area contributed by atoms with Gasteiger partial charge in [0, 0.05) is 18.0 Å². The fourth-order valence-electron chi connectivity index (χ4n) is 3.64. The van der Waals surface area contributed by atoms with E-state index in [9.17, 15) is 12.8 Å². The number of aryl methyl sites for hydroxylation is 2. The van der Waals surface area contributed by atoms with Gasteiger partial charge in [-0.2, -0.15) is 0 Å². The number of sulfonamides is 1. The molecule has 2 heterocycles. The summed E-state index contributed by atoms with van der Waals surface area (Å²) in [7, 11) is -3.49. The van der Waals surface area contributed by atoms with Gasteiger partial charge in [0.2, 0.25) is 10.0 Å². The first-order valence-corrected chi connectivity index (χ1v) is 12.7. The van der Waals surface area contributed by atoms with Gasteiger partial charge < -0.3 is 10.3 Å². The van der Waals surface area contributed by atoms with Crippen LogP contribution in [-0.4, -0.2) is 39.2 Å². The minimum Gasteiger partial charge on any atom is -0.382 e. The van der Waals surface area contributed by atoms with Gasteiger partial charge in [-0.1, -0.05) is 17.8 Å². The van der Waals surface area contributed by atoms with Crippen molar-refractivity contribution in [2.75, 3.05) is 12.3 Å². The van der Waals surface area contributed by atoms with Gasteiger partial charge in [0.1, 0.15) is 12.5 Å². The van der Waals surface area contributed by atoms with Crippen molar-refractivity contribution in [3.63, 3.8) is 0 Å². The van der Waals surface area contributed by atoms with E-state index < -0.39 is 20.9 Å². The number of nitrogens with one attached hydrogen (secondary N) is 1. The number of alkyl halides is 1. The summed E-state index contributed by atoms with van der Waals surface area (Å²) >= 11 is 1.39. The number of imidazole rings is 1. The zero-order valence-electron chi connectivity index (χ0n) is 18.5. The van der Waals surface area contributed by atoms with Gasteiger partial charge in [0.05, 0.1) is 4.75 Å². The molecule has 2 aromatic heterocycles. The topological polar surface area (TPSA) is 116 Å². The summed E-state index contributed by atoms with van der Waals surface area (Å²) in [6, 6.07) is 3.93. The predicted octanol–water partition coefficient (Wildman–Crippen LogP) is 3.54. The Balaban J connectivity index is 1.68. The Kier molecular flexibility index (Phi) is 5.93. The number of benzene rings is 1. The molecule has 0 fully saturated rings. The number of fused-ring (bicyclic) bond motifs is 2. The molecule has 3 aromatic rings. The Morgan fingerprint density at radius 1 is 1.31 bits per heavy atom. The monoisotopic (exact) mass is 478 g/mol. The number of nitrogens with two attached hydrogens (primary N) is 1. The largest absolute Gasteiger partial charge is 0.382 e. The summed E-state index contributed by atoms with van der Waals surface area (Å²) in [4.78, 5) is 13.9. The standard InChI is InChI=1S/C21H27FN6O2S2/c1-12-9-13-5-6-15(22)14(13)10-16(12)31-20-27-17-18(23)24-11-25-19(17)28(20)8-7-26-32(29,30)21(2,3)4/h9-11,15,26H,5-8H2,1-4H3,(H2,23,24,25). The number of aromatic nitrogens is 4. The van der Waals surface area contributed by atoms with Crippen LogP contribution in [0.5, 0.6) is 0 Å². The Morgan fingerprint density at radius 3 is 2.78 bits per heavy atom. The molecule has 1 aromatic carbocycles. The first kappa shape index (κ1) is 22.9. The van der Waals surface area contributed by atoms with Crippen LogP contribution < -0.4 is 10.5 Å². The van der Waals surface area contributed by atoms with Crippen molar-refractivity contribution in [3.05, 3.63) is 35.2 Å². The Morgan fingerprint density at radius 2 is 2.06 bits per heavy atom.